The summed E-state index contributed by atoms with van der Waals surface area (Å²) in [6, 6.07) is 12.3. The van der Waals surface area contributed by atoms with Crippen LogP contribution in [0.2, 0.25) is 0 Å². The molecular formula is C14H15BrN2O2S. The first-order valence-electron chi connectivity index (χ1n) is 5.97. The van der Waals surface area contributed by atoms with Gasteiger partial charge in [-0.05, 0) is 52.2 Å². The number of aryl methyl sites for hydroxylation is 1. The highest BCUT2D eigenvalue weighted by molar-refractivity contribution is 9.10. The maximum absolute atomic E-state index is 12.2. The number of hydrogen-bond acceptors (Lipinski definition) is 3. The van der Waals surface area contributed by atoms with Gasteiger partial charge < -0.3 is 5.73 Å². The minimum absolute atomic E-state index is 0.113. The molecule has 0 aliphatic rings. The van der Waals surface area contributed by atoms with Crippen LogP contribution in [-0.2, 0) is 15.8 Å². The summed E-state index contributed by atoms with van der Waals surface area (Å²) in [5.41, 5.74) is 8.36. The fourth-order valence-electron chi connectivity index (χ4n) is 1.83. The van der Waals surface area contributed by atoms with Crippen molar-refractivity contribution < 1.29 is 8.42 Å². The Bertz CT molecular complexity index is 730. The van der Waals surface area contributed by atoms with Gasteiger partial charge in [-0.2, -0.15) is 0 Å². The molecule has 0 saturated heterocycles. The van der Waals surface area contributed by atoms with E-state index in [9.17, 15) is 8.42 Å². The second kappa shape index (κ2) is 5.85. The van der Waals surface area contributed by atoms with Crippen LogP contribution in [0.25, 0.3) is 0 Å². The molecule has 0 atom stereocenters. The molecule has 0 spiro atoms. The van der Waals surface area contributed by atoms with Crippen LogP contribution in [0.1, 0.15) is 11.1 Å². The molecule has 20 heavy (non-hydrogen) atoms. The van der Waals surface area contributed by atoms with Crippen molar-refractivity contribution in [2.45, 2.75) is 12.7 Å². The summed E-state index contributed by atoms with van der Waals surface area (Å²) in [5, 5.41) is 0. The van der Waals surface area contributed by atoms with Crippen LogP contribution in [-0.4, -0.2) is 8.42 Å². The molecule has 0 bridgehead atoms. The number of nitrogens with one attached hydrogen (secondary N) is 1. The summed E-state index contributed by atoms with van der Waals surface area (Å²) >= 11 is 3.38. The van der Waals surface area contributed by atoms with Gasteiger partial charge in [0.1, 0.15) is 0 Å². The first-order chi connectivity index (χ1) is 9.37. The van der Waals surface area contributed by atoms with Crippen molar-refractivity contribution in [2.75, 3.05) is 10.5 Å². The van der Waals surface area contributed by atoms with E-state index in [0.29, 0.717) is 16.9 Å². The smallest absolute Gasteiger partial charge is 0.236 e. The van der Waals surface area contributed by atoms with Crippen LogP contribution in [0.4, 0.5) is 11.4 Å². The second-order valence-electron chi connectivity index (χ2n) is 4.54. The van der Waals surface area contributed by atoms with Gasteiger partial charge in [0.05, 0.1) is 11.4 Å². The van der Waals surface area contributed by atoms with E-state index in [0.717, 1.165) is 10.0 Å². The lowest BCUT2D eigenvalue weighted by Crippen LogP contribution is -2.15. The molecule has 0 aliphatic carbocycles. The molecule has 0 aliphatic heterocycles. The fourth-order valence-corrected chi connectivity index (χ4v) is 3.52. The van der Waals surface area contributed by atoms with E-state index in [4.69, 9.17) is 5.73 Å². The van der Waals surface area contributed by atoms with Gasteiger partial charge in [0.2, 0.25) is 10.0 Å². The van der Waals surface area contributed by atoms with Crippen LogP contribution in [0.3, 0.4) is 0 Å². The van der Waals surface area contributed by atoms with Gasteiger partial charge in [-0.25, -0.2) is 8.42 Å². The molecule has 4 nitrogen and oxygen atoms in total. The molecule has 0 aromatic heterocycles. The van der Waals surface area contributed by atoms with Gasteiger partial charge in [0, 0.05) is 10.2 Å². The minimum atomic E-state index is -3.48. The summed E-state index contributed by atoms with van der Waals surface area (Å²) in [4.78, 5) is 0. The fraction of sp³-hybridized carbons (Fsp3) is 0.143. The average Bonchev–Trinajstić information content (AvgIpc) is 2.34. The number of nitrogens with two attached hydrogens (primary N) is 1. The van der Waals surface area contributed by atoms with Gasteiger partial charge in [0.15, 0.2) is 0 Å². The molecule has 3 N–H and O–H groups in total. The zero-order chi connectivity index (χ0) is 14.8. The van der Waals surface area contributed by atoms with E-state index in [1.807, 2.05) is 13.0 Å². The average molecular weight is 355 g/mol. The third-order valence-electron chi connectivity index (χ3n) is 2.76. The number of hydrogen-bond donors (Lipinski definition) is 2. The largest absolute Gasteiger partial charge is 0.399 e. The maximum atomic E-state index is 12.2. The van der Waals surface area contributed by atoms with Crippen molar-refractivity contribution >= 4 is 37.3 Å². The Morgan fingerprint density at radius 2 is 1.90 bits per heavy atom. The molecule has 6 heteroatoms. The molecular weight excluding hydrogens is 340 g/mol. The molecule has 0 unspecified atom stereocenters. The highest BCUT2D eigenvalue weighted by Gasteiger charge is 2.14. The standard InChI is InChI=1S/C14H15BrN2O2S/c1-10-4-2-7-13(14(10)15)17-20(18,19)9-11-5-3-6-12(16)8-11/h2-8,17H,9,16H2,1H3. The zero-order valence-corrected chi connectivity index (χ0v) is 13.3. The lowest BCUT2D eigenvalue weighted by atomic mass is 10.2. The molecule has 2 rings (SSSR count). The summed E-state index contributed by atoms with van der Waals surface area (Å²) in [6.45, 7) is 1.90. The van der Waals surface area contributed by atoms with E-state index in [-0.39, 0.29) is 5.75 Å². The summed E-state index contributed by atoms with van der Waals surface area (Å²) in [7, 11) is -3.48. The molecule has 0 fully saturated rings. The van der Waals surface area contributed by atoms with Crippen LogP contribution in [0.5, 0.6) is 0 Å². The number of anilines is 2. The first-order valence-corrected chi connectivity index (χ1v) is 8.42. The van der Waals surface area contributed by atoms with E-state index in [2.05, 4.69) is 20.7 Å². The van der Waals surface area contributed by atoms with E-state index >= 15 is 0 Å². The van der Waals surface area contributed by atoms with E-state index < -0.39 is 10.0 Å². The van der Waals surface area contributed by atoms with Crippen molar-refractivity contribution in [3.05, 3.63) is 58.1 Å². The second-order valence-corrected chi connectivity index (χ2v) is 7.06. The monoisotopic (exact) mass is 354 g/mol. The summed E-state index contributed by atoms with van der Waals surface area (Å²) < 4.78 is 27.7. The number of nitrogen functional groups attached to an aromatic ring is 1. The molecule has 0 saturated carbocycles. The third-order valence-corrected chi connectivity index (χ3v) is 5.06. The predicted octanol–water partition coefficient (Wildman–Crippen LogP) is 3.28. The zero-order valence-electron chi connectivity index (χ0n) is 10.9. The normalized spacial score (nSPS) is 11.3. The first kappa shape index (κ1) is 14.9. The van der Waals surface area contributed by atoms with Crippen LogP contribution >= 0.6 is 15.9 Å². The van der Waals surface area contributed by atoms with Gasteiger partial charge in [-0.3, -0.25) is 4.72 Å². The number of benzene rings is 2. The van der Waals surface area contributed by atoms with Crippen molar-refractivity contribution in [1.29, 1.82) is 0 Å². The minimum Gasteiger partial charge on any atom is -0.399 e. The number of rotatable bonds is 4. The quantitative estimate of drug-likeness (QED) is 0.827. The van der Waals surface area contributed by atoms with E-state index in [1.54, 1.807) is 36.4 Å². The Kier molecular flexibility index (Phi) is 4.35. The van der Waals surface area contributed by atoms with Gasteiger partial charge in [-0.1, -0.05) is 24.3 Å². The Balaban J connectivity index is 2.21. The Labute approximate surface area is 127 Å². The van der Waals surface area contributed by atoms with Crippen LogP contribution in [0, 0.1) is 6.92 Å². The maximum Gasteiger partial charge on any atom is 0.236 e. The number of sulfonamides is 1. The molecule has 106 valence electrons. The van der Waals surface area contributed by atoms with Crippen molar-refractivity contribution in [2.24, 2.45) is 0 Å². The van der Waals surface area contributed by atoms with Crippen molar-refractivity contribution in [3.8, 4) is 0 Å². The van der Waals surface area contributed by atoms with Crippen molar-refractivity contribution in [3.63, 3.8) is 0 Å². The van der Waals surface area contributed by atoms with Crippen molar-refractivity contribution in [1.82, 2.24) is 0 Å². The molecule has 2 aromatic carbocycles. The van der Waals surface area contributed by atoms with Crippen LogP contribution < -0.4 is 10.5 Å². The molecule has 2 aromatic rings. The van der Waals surface area contributed by atoms with Crippen LogP contribution in [0.15, 0.2) is 46.9 Å². The third kappa shape index (κ3) is 3.74. The topological polar surface area (TPSA) is 72.2 Å². The van der Waals surface area contributed by atoms with Gasteiger partial charge in [0.25, 0.3) is 0 Å². The van der Waals surface area contributed by atoms with Gasteiger partial charge in [-0.15, -0.1) is 0 Å². The lowest BCUT2D eigenvalue weighted by Gasteiger charge is -2.11. The molecule has 0 radical (unpaired) electrons. The Morgan fingerprint density at radius 3 is 2.60 bits per heavy atom. The highest BCUT2D eigenvalue weighted by atomic mass is 79.9. The Morgan fingerprint density at radius 1 is 1.20 bits per heavy atom. The number of halogens is 1. The molecule has 0 heterocycles. The highest BCUT2D eigenvalue weighted by Crippen LogP contribution is 2.27. The SMILES string of the molecule is Cc1cccc(NS(=O)(=O)Cc2cccc(N)c2)c1Br. The molecule has 0 amide bonds. The van der Waals surface area contributed by atoms with E-state index in [1.165, 1.54) is 0 Å². The summed E-state index contributed by atoms with van der Waals surface area (Å²) in [6.07, 6.45) is 0. The Hall–Kier alpha value is -1.53. The lowest BCUT2D eigenvalue weighted by molar-refractivity contribution is 0.600. The summed E-state index contributed by atoms with van der Waals surface area (Å²) in [5.74, 6) is -0.113. The predicted molar refractivity (Wildman–Crippen MR) is 86.0 cm³/mol. The van der Waals surface area contributed by atoms with Gasteiger partial charge >= 0.3 is 0 Å².